The molecule has 0 fully saturated rings. The van der Waals surface area contributed by atoms with Gasteiger partial charge in [-0.1, -0.05) is 0 Å². The molecule has 110 valence electrons. The van der Waals surface area contributed by atoms with Gasteiger partial charge < -0.3 is 25.6 Å². The van der Waals surface area contributed by atoms with Crippen LogP contribution in [0.3, 0.4) is 0 Å². The van der Waals surface area contributed by atoms with Crippen molar-refractivity contribution in [1.82, 2.24) is 15.6 Å². The second kappa shape index (κ2) is 8.83. The van der Waals surface area contributed by atoms with Crippen molar-refractivity contribution in [2.45, 2.75) is 6.04 Å². The molecular formula is C12H17N3O5. The highest BCUT2D eigenvalue weighted by atomic mass is 16.5. The van der Waals surface area contributed by atoms with E-state index in [-0.39, 0.29) is 32.3 Å². The van der Waals surface area contributed by atoms with E-state index in [9.17, 15) is 9.59 Å². The van der Waals surface area contributed by atoms with Gasteiger partial charge in [0.15, 0.2) is 0 Å². The Morgan fingerprint density at radius 3 is 2.70 bits per heavy atom. The van der Waals surface area contributed by atoms with Gasteiger partial charge in [-0.2, -0.15) is 0 Å². The van der Waals surface area contributed by atoms with E-state index in [0.29, 0.717) is 5.56 Å². The number of aliphatic hydroxyl groups excluding tert-OH is 2. The van der Waals surface area contributed by atoms with Gasteiger partial charge in [0.1, 0.15) is 6.61 Å². The van der Waals surface area contributed by atoms with E-state index in [1.54, 1.807) is 18.3 Å². The average molecular weight is 283 g/mol. The van der Waals surface area contributed by atoms with Crippen molar-refractivity contribution < 1.29 is 24.5 Å². The summed E-state index contributed by atoms with van der Waals surface area (Å²) in [6.07, 6.45) is 2.22. The summed E-state index contributed by atoms with van der Waals surface area (Å²) < 4.78 is 4.76. The fourth-order valence-corrected chi connectivity index (χ4v) is 1.26. The van der Waals surface area contributed by atoms with Crippen LogP contribution in [0, 0.1) is 0 Å². The van der Waals surface area contributed by atoms with E-state index >= 15 is 0 Å². The maximum Gasteiger partial charge on any atom is 0.407 e. The second-order valence-electron chi connectivity index (χ2n) is 3.84. The summed E-state index contributed by atoms with van der Waals surface area (Å²) in [5.74, 6) is -0.314. The van der Waals surface area contributed by atoms with Crippen LogP contribution < -0.4 is 10.6 Å². The zero-order chi connectivity index (χ0) is 14.8. The van der Waals surface area contributed by atoms with Crippen molar-refractivity contribution in [3.8, 4) is 0 Å². The molecule has 8 heteroatoms. The Balaban J connectivity index is 2.19. The first-order valence-corrected chi connectivity index (χ1v) is 6.00. The summed E-state index contributed by atoms with van der Waals surface area (Å²) in [7, 11) is 0. The molecule has 0 atom stereocenters. The maximum absolute atomic E-state index is 11.6. The number of pyridine rings is 1. The zero-order valence-electron chi connectivity index (χ0n) is 10.8. The Kier molecular flexibility index (Phi) is 7.01. The summed E-state index contributed by atoms with van der Waals surface area (Å²) in [5.41, 5.74) is 0.414. The molecular weight excluding hydrogens is 266 g/mol. The van der Waals surface area contributed by atoms with Gasteiger partial charge in [-0.25, -0.2) is 4.79 Å². The van der Waals surface area contributed by atoms with Crippen molar-refractivity contribution in [3.05, 3.63) is 30.1 Å². The number of alkyl carbamates (subject to hydrolysis) is 1. The monoisotopic (exact) mass is 283 g/mol. The van der Waals surface area contributed by atoms with Crippen LogP contribution in [0.25, 0.3) is 0 Å². The molecule has 1 aromatic rings. The highest BCUT2D eigenvalue weighted by Gasteiger charge is 2.10. The predicted octanol–water partition coefficient (Wildman–Crippen LogP) is -1.11. The molecule has 0 spiro atoms. The van der Waals surface area contributed by atoms with Crippen LogP contribution in [-0.4, -0.2) is 59.6 Å². The highest BCUT2D eigenvalue weighted by Crippen LogP contribution is 1.94. The lowest BCUT2D eigenvalue weighted by atomic mass is 10.3. The number of aromatic nitrogens is 1. The summed E-state index contributed by atoms with van der Waals surface area (Å²) in [4.78, 5) is 26.6. The van der Waals surface area contributed by atoms with Crippen molar-refractivity contribution >= 4 is 12.0 Å². The van der Waals surface area contributed by atoms with Crippen LogP contribution >= 0.6 is 0 Å². The minimum Gasteiger partial charge on any atom is -0.448 e. The van der Waals surface area contributed by atoms with Crippen molar-refractivity contribution in [3.63, 3.8) is 0 Å². The van der Waals surface area contributed by atoms with Crippen LogP contribution in [0.15, 0.2) is 24.5 Å². The molecule has 0 saturated heterocycles. The third-order valence-electron chi connectivity index (χ3n) is 2.31. The molecule has 0 aliphatic rings. The molecule has 1 aromatic heterocycles. The van der Waals surface area contributed by atoms with Gasteiger partial charge in [0.25, 0.3) is 5.91 Å². The smallest absolute Gasteiger partial charge is 0.407 e. The lowest BCUT2D eigenvalue weighted by Gasteiger charge is -2.13. The van der Waals surface area contributed by atoms with Gasteiger partial charge >= 0.3 is 6.09 Å². The van der Waals surface area contributed by atoms with Crippen molar-refractivity contribution in [2.75, 3.05) is 26.4 Å². The topological polar surface area (TPSA) is 121 Å². The number of nitrogens with one attached hydrogen (secondary N) is 2. The van der Waals surface area contributed by atoms with Gasteiger partial charge in [-0.3, -0.25) is 9.78 Å². The molecule has 0 unspecified atom stereocenters. The Hall–Kier alpha value is -2.19. The average Bonchev–Trinajstić information content (AvgIpc) is 2.49. The lowest BCUT2D eigenvalue weighted by molar-refractivity contribution is 0.0927. The minimum absolute atomic E-state index is 0.0264. The number of amides is 2. The third kappa shape index (κ3) is 5.63. The fourth-order valence-electron chi connectivity index (χ4n) is 1.26. The third-order valence-corrected chi connectivity index (χ3v) is 2.31. The van der Waals surface area contributed by atoms with E-state index in [0.717, 1.165) is 0 Å². The van der Waals surface area contributed by atoms with Crippen molar-refractivity contribution in [1.29, 1.82) is 0 Å². The molecule has 4 N–H and O–H groups in total. The summed E-state index contributed by atoms with van der Waals surface area (Å²) in [6, 6.07) is 2.50. The van der Waals surface area contributed by atoms with E-state index < -0.39 is 12.1 Å². The number of aliphatic hydroxyl groups is 2. The highest BCUT2D eigenvalue weighted by molar-refractivity contribution is 5.93. The number of hydrogen-bond donors (Lipinski definition) is 4. The largest absolute Gasteiger partial charge is 0.448 e. The molecule has 1 heterocycles. The minimum atomic E-state index is -0.770. The molecule has 1 rings (SSSR count). The molecule has 0 radical (unpaired) electrons. The number of nitrogens with zero attached hydrogens (tertiary/aromatic N) is 1. The van der Waals surface area contributed by atoms with E-state index in [2.05, 4.69) is 15.6 Å². The quantitative estimate of drug-likeness (QED) is 0.471. The van der Waals surface area contributed by atoms with Gasteiger partial charge in [0.05, 0.1) is 31.4 Å². The van der Waals surface area contributed by atoms with Crippen LogP contribution in [0.2, 0.25) is 0 Å². The van der Waals surface area contributed by atoms with E-state index in [1.165, 1.54) is 6.20 Å². The SMILES string of the molecule is O=C(NC(CO)CO)OCCNC(=O)c1cccnc1. The first kappa shape index (κ1) is 15.9. The maximum atomic E-state index is 11.6. The van der Waals surface area contributed by atoms with Gasteiger partial charge in [0, 0.05) is 12.4 Å². The molecule has 0 saturated carbocycles. The number of carbonyl (C=O) groups is 2. The molecule has 8 nitrogen and oxygen atoms in total. The Morgan fingerprint density at radius 1 is 1.35 bits per heavy atom. The number of carbonyl (C=O) groups excluding carboxylic acids is 2. The van der Waals surface area contributed by atoms with Crippen LogP contribution in [0.4, 0.5) is 4.79 Å². The number of ether oxygens (including phenoxy) is 1. The van der Waals surface area contributed by atoms with Gasteiger partial charge in [-0.05, 0) is 12.1 Å². The summed E-state index contributed by atoms with van der Waals surface area (Å²) in [6.45, 7) is -0.655. The number of hydrogen-bond acceptors (Lipinski definition) is 6. The standard InChI is InChI=1S/C12H17N3O5/c16-7-10(8-17)15-12(19)20-5-4-14-11(18)9-2-1-3-13-6-9/h1-3,6,10,16-17H,4-5,7-8H2,(H,14,18)(H,15,19). The summed E-state index contributed by atoms with van der Waals surface area (Å²) >= 11 is 0. The molecule has 0 aliphatic carbocycles. The Bertz CT molecular complexity index is 422. The Morgan fingerprint density at radius 2 is 2.10 bits per heavy atom. The first-order valence-electron chi connectivity index (χ1n) is 6.00. The summed E-state index contributed by atoms with van der Waals surface area (Å²) in [5, 5.41) is 22.3. The van der Waals surface area contributed by atoms with Gasteiger partial charge in [-0.15, -0.1) is 0 Å². The van der Waals surface area contributed by atoms with Crippen LogP contribution in [-0.2, 0) is 4.74 Å². The van der Waals surface area contributed by atoms with E-state index in [4.69, 9.17) is 14.9 Å². The molecule has 0 aliphatic heterocycles. The predicted molar refractivity (Wildman–Crippen MR) is 69.0 cm³/mol. The lowest BCUT2D eigenvalue weighted by Crippen LogP contribution is -2.41. The molecule has 2 amide bonds. The van der Waals surface area contributed by atoms with Crippen LogP contribution in [0.1, 0.15) is 10.4 Å². The van der Waals surface area contributed by atoms with E-state index in [1.807, 2.05) is 0 Å². The Labute approximate surface area is 115 Å². The zero-order valence-corrected chi connectivity index (χ0v) is 10.8. The molecule has 20 heavy (non-hydrogen) atoms. The molecule has 0 aromatic carbocycles. The second-order valence-corrected chi connectivity index (χ2v) is 3.84. The number of rotatable bonds is 7. The van der Waals surface area contributed by atoms with Crippen LogP contribution in [0.5, 0.6) is 0 Å². The normalized spacial score (nSPS) is 10.2. The molecule has 0 bridgehead atoms. The van der Waals surface area contributed by atoms with Gasteiger partial charge in [0.2, 0.25) is 0 Å². The van der Waals surface area contributed by atoms with Crippen molar-refractivity contribution in [2.24, 2.45) is 0 Å². The first-order chi connectivity index (χ1) is 9.67. The fraction of sp³-hybridized carbons (Fsp3) is 0.417.